The summed E-state index contributed by atoms with van der Waals surface area (Å²) in [6.07, 6.45) is 5.18. The maximum Gasteiger partial charge on any atom is 0.292 e. The van der Waals surface area contributed by atoms with Gasteiger partial charge in [-0.3, -0.25) is 10.1 Å². The van der Waals surface area contributed by atoms with Gasteiger partial charge in [0.1, 0.15) is 11.5 Å². The van der Waals surface area contributed by atoms with Crippen molar-refractivity contribution >= 4 is 11.4 Å². The zero-order valence-electron chi connectivity index (χ0n) is 10.7. The number of nitro benzene ring substituents is 1. The van der Waals surface area contributed by atoms with E-state index in [1.54, 1.807) is 24.5 Å². The fourth-order valence-corrected chi connectivity index (χ4v) is 1.86. The first-order valence-electron chi connectivity index (χ1n) is 6.14. The van der Waals surface area contributed by atoms with Crippen molar-refractivity contribution in [3.8, 4) is 0 Å². The summed E-state index contributed by atoms with van der Waals surface area (Å²) in [6, 6.07) is 5.19. The molecule has 0 spiro atoms. The Kier molecular flexibility index (Phi) is 4.12. The lowest BCUT2D eigenvalue weighted by molar-refractivity contribution is -0.384. The molecular weight excluding hydrogens is 244 g/mol. The van der Waals surface area contributed by atoms with Gasteiger partial charge in [-0.25, -0.2) is 4.98 Å². The minimum atomic E-state index is -0.359. The van der Waals surface area contributed by atoms with Crippen LogP contribution in [0.15, 0.2) is 30.6 Å². The van der Waals surface area contributed by atoms with Gasteiger partial charge in [0.15, 0.2) is 0 Å². The fourth-order valence-electron chi connectivity index (χ4n) is 1.86. The van der Waals surface area contributed by atoms with Crippen LogP contribution in [0.1, 0.15) is 17.8 Å². The summed E-state index contributed by atoms with van der Waals surface area (Å²) >= 11 is 0. The van der Waals surface area contributed by atoms with E-state index in [0.29, 0.717) is 12.2 Å². The van der Waals surface area contributed by atoms with Crippen molar-refractivity contribution in [2.24, 2.45) is 0 Å². The standard InChI is InChI=1S/C13H16N4O2/c1-10-4-5-11(12(9-10)17(18)19)14-6-2-3-13-15-7-8-16-13/h4-5,7-9,14H,2-3,6H2,1H3,(H,15,16). The number of aromatic amines is 1. The maximum atomic E-state index is 10.9. The Balaban J connectivity index is 1.90. The summed E-state index contributed by atoms with van der Waals surface area (Å²) < 4.78 is 0. The van der Waals surface area contributed by atoms with Crippen LogP contribution in [0.2, 0.25) is 0 Å². The number of aromatic nitrogens is 2. The van der Waals surface area contributed by atoms with Gasteiger partial charge < -0.3 is 10.3 Å². The molecule has 2 aromatic rings. The van der Waals surface area contributed by atoms with Crippen LogP contribution < -0.4 is 5.32 Å². The highest BCUT2D eigenvalue weighted by molar-refractivity contribution is 5.62. The number of nitrogens with one attached hydrogen (secondary N) is 2. The quantitative estimate of drug-likeness (QED) is 0.475. The van der Waals surface area contributed by atoms with Crippen molar-refractivity contribution in [2.45, 2.75) is 19.8 Å². The number of benzene rings is 1. The number of rotatable bonds is 6. The van der Waals surface area contributed by atoms with Crippen LogP contribution in [0.25, 0.3) is 0 Å². The second-order valence-corrected chi connectivity index (χ2v) is 4.34. The highest BCUT2D eigenvalue weighted by Gasteiger charge is 2.12. The van der Waals surface area contributed by atoms with E-state index in [-0.39, 0.29) is 10.6 Å². The second kappa shape index (κ2) is 5.99. The highest BCUT2D eigenvalue weighted by Crippen LogP contribution is 2.25. The van der Waals surface area contributed by atoms with E-state index < -0.39 is 0 Å². The van der Waals surface area contributed by atoms with Crippen LogP contribution in [0.4, 0.5) is 11.4 Å². The molecule has 0 aliphatic heterocycles. The first kappa shape index (κ1) is 13.1. The van der Waals surface area contributed by atoms with Gasteiger partial charge in [-0.1, -0.05) is 6.07 Å². The van der Waals surface area contributed by atoms with Crippen molar-refractivity contribution in [3.63, 3.8) is 0 Å². The van der Waals surface area contributed by atoms with Crippen LogP contribution in [0.3, 0.4) is 0 Å². The van der Waals surface area contributed by atoms with Gasteiger partial charge in [0.05, 0.1) is 4.92 Å². The third kappa shape index (κ3) is 3.54. The van der Waals surface area contributed by atoms with Crippen LogP contribution in [-0.4, -0.2) is 21.4 Å². The van der Waals surface area contributed by atoms with Crippen molar-refractivity contribution in [1.29, 1.82) is 0 Å². The van der Waals surface area contributed by atoms with Crippen LogP contribution in [0.5, 0.6) is 0 Å². The molecule has 0 radical (unpaired) electrons. The normalized spacial score (nSPS) is 10.4. The zero-order chi connectivity index (χ0) is 13.7. The Bertz CT molecular complexity index is 552. The van der Waals surface area contributed by atoms with Crippen molar-refractivity contribution in [3.05, 3.63) is 52.1 Å². The van der Waals surface area contributed by atoms with E-state index in [1.807, 2.05) is 13.0 Å². The summed E-state index contributed by atoms with van der Waals surface area (Å²) in [6.45, 7) is 2.51. The summed E-state index contributed by atoms with van der Waals surface area (Å²) in [5, 5.41) is 14.0. The maximum absolute atomic E-state index is 10.9. The Labute approximate surface area is 111 Å². The first-order chi connectivity index (χ1) is 9.16. The molecule has 0 bridgehead atoms. The molecular formula is C13H16N4O2. The topological polar surface area (TPSA) is 83.8 Å². The highest BCUT2D eigenvalue weighted by atomic mass is 16.6. The molecule has 100 valence electrons. The van der Waals surface area contributed by atoms with Crippen LogP contribution >= 0.6 is 0 Å². The predicted molar refractivity (Wildman–Crippen MR) is 73.2 cm³/mol. The smallest absolute Gasteiger partial charge is 0.292 e. The van der Waals surface area contributed by atoms with Gasteiger partial charge in [0.25, 0.3) is 5.69 Å². The van der Waals surface area contributed by atoms with Gasteiger partial charge in [0.2, 0.25) is 0 Å². The van der Waals surface area contributed by atoms with Gasteiger partial charge in [-0.15, -0.1) is 0 Å². The van der Waals surface area contributed by atoms with Crippen LogP contribution in [0, 0.1) is 17.0 Å². The molecule has 0 aliphatic carbocycles. The van der Waals surface area contributed by atoms with E-state index in [9.17, 15) is 10.1 Å². The van der Waals surface area contributed by atoms with E-state index in [1.165, 1.54) is 0 Å². The van der Waals surface area contributed by atoms with Gasteiger partial charge >= 0.3 is 0 Å². The third-order valence-electron chi connectivity index (χ3n) is 2.81. The SMILES string of the molecule is Cc1ccc(NCCCc2ncc[nH]2)c([N+](=O)[O-])c1. The Morgan fingerprint density at radius 2 is 2.32 bits per heavy atom. The molecule has 1 aromatic heterocycles. The average molecular weight is 260 g/mol. The molecule has 0 atom stereocenters. The Hall–Kier alpha value is -2.37. The lowest BCUT2D eigenvalue weighted by atomic mass is 10.2. The number of hydrogen-bond donors (Lipinski definition) is 2. The number of aryl methyl sites for hydroxylation is 2. The minimum absolute atomic E-state index is 0.123. The van der Waals surface area contributed by atoms with Crippen molar-refractivity contribution in [2.75, 3.05) is 11.9 Å². The first-order valence-corrected chi connectivity index (χ1v) is 6.14. The summed E-state index contributed by atoms with van der Waals surface area (Å²) in [5.74, 6) is 0.931. The van der Waals surface area contributed by atoms with E-state index in [2.05, 4.69) is 15.3 Å². The van der Waals surface area contributed by atoms with E-state index in [4.69, 9.17) is 0 Å². The molecule has 2 N–H and O–H groups in total. The van der Waals surface area contributed by atoms with Crippen molar-refractivity contribution < 1.29 is 4.92 Å². The molecule has 1 aromatic carbocycles. The van der Waals surface area contributed by atoms with E-state index in [0.717, 1.165) is 24.2 Å². The molecule has 0 amide bonds. The molecule has 6 heteroatoms. The molecule has 19 heavy (non-hydrogen) atoms. The predicted octanol–water partition coefficient (Wildman–Crippen LogP) is 2.67. The summed E-state index contributed by atoms with van der Waals surface area (Å²) in [4.78, 5) is 17.7. The number of nitro groups is 1. The molecule has 2 rings (SSSR count). The summed E-state index contributed by atoms with van der Waals surface area (Å²) in [5.41, 5.74) is 1.57. The lowest BCUT2D eigenvalue weighted by Crippen LogP contribution is -2.06. The molecule has 0 fully saturated rings. The Morgan fingerprint density at radius 3 is 3.00 bits per heavy atom. The molecule has 1 heterocycles. The number of imidazole rings is 1. The second-order valence-electron chi connectivity index (χ2n) is 4.34. The minimum Gasteiger partial charge on any atom is -0.379 e. The Morgan fingerprint density at radius 1 is 1.47 bits per heavy atom. The summed E-state index contributed by atoms with van der Waals surface area (Å²) in [7, 11) is 0. The van der Waals surface area contributed by atoms with Gasteiger partial charge in [-0.2, -0.15) is 0 Å². The number of H-pyrrole nitrogens is 1. The monoisotopic (exact) mass is 260 g/mol. The molecule has 0 saturated heterocycles. The molecule has 0 unspecified atom stereocenters. The molecule has 0 saturated carbocycles. The number of nitrogens with zero attached hydrogens (tertiary/aromatic N) is 2. The zero-order valence-corrected chi connectivity index (χ0v) is 10.7. The third-order valence-corrected chi connectivity index (χ3v) is 2.81. The number of anilines is 1. The number of hydrogen-bond acceptors (Lipinski definition) is 4. The molecule has 6 nitrogen and oxygen atoms in total. The van der Waals surface area contributed by atoms with Crippen molar-refractivity contribution in [1.82, 2.24) is 9.97 Å². The lowest BCUT2D eigenvalue weighted by Gasteiger charge is -2.07. The van der Waals surface area contributed by atoms with Gasteiger partial charge in [0, 0.05) is 31.4 Å². The average Bonchev–Trinajstić information content (AvgIpc) is 2.89. The molecule has 0 aliphatic rings. The fraction of sp³-hybridized carbons (Fsp3) is 0.308. The largest absolute Gasteiger partial charge is 0.379 e. The van der Waals surface area contributed by atoms with Crippen LogP contribution in [-0.2, 0) is 6.42 Å². The van der Waals surface area contributed by atoms with Gasteiger partial charge in [-0.05, 0) is 25.0 Å². The van der Waals surface area contributed by atoms with E-state index >= 15 is 0 Å².